The second-order valence-electron chi connectivity index (χ2n) is 8.35. The molecule has 1 fully saturated rings. The number of methoxy groups -OCH3 is 1. The number of hydrogen-bond acceptors (Lipinski definition) is 5. The molecule has 0 unspecified atom stereocenters. The van der Waals surface area contributed by atoms with Crippen LogP contribution in [0.5, 0.6) is 5.75 Å². The molecular formula is C22H29N5O3. The molecule has 0 aliphatic heterocycles. The third-order valence-electron chi connectivity index (χ3n) is 6.20. The number of anilines is 1. The summed E-state index contributed by atoms with van der Waals surface area (Å²) in [4.78, 5) is 30.1. The van der Waals surface area contributed by atoms with Gasteiger partial charge in [-0.1, -0.05) is 19.1 Å². The SMILES string of the molecule is COc1ccc(Cn2c(NC3CCC(C)CC3)nc3c2c(=O)n(C)c(=O)n3C)cc1. The maximum absolute atomic E-state index is 13.0. The largest absolute Gasteiger partial charge is 0.497 e. The second-order valence-corrected chi connectivity index (χ2v) is 8.35. The molecule has 0 saturated heterocycles. The van der Waals surface area contributed by atoms with Crippen LogP contribution in [-0.4, -0.2) is 31.8 Å². The van der Waals surface area contributed by atoms with Crippen molar-refractivity contribution in [1.29, 1.82) is 0 Å². The van der Waals surface area contributed by atoms with Crippen molar-refractivity contribution < 1.29 is 4.74 Å². The Morgan fingerprint density at radius 3 is 2.37 bits per heavy atom. The fourth-order valence-electron chi connectivity index (χ4n) is 4.21. The summed E-state index contributed by atoms with van der Waals surface area (Å²) in [6.45, 7) is 2.76. The van der Waals surface area contributed by atoms with E-state index in [9.17, 15) is 9.59 Å². The van der Waals surface area contributed by atoms with Crippen LogP contribution in [0.2, 0.25) is 0 Å². The molecule has 0 atom stereocenters. The molecule has 1 aliphatic rings. The van der Waals surface area contributed by atoms with E-state index in [4.69, 9.17) is 9.72 Å². The van der Waals surface area contributed by atoms with Crippen molar-refractivity contribution in [3.8, 4) is 5.75 Å². The van der Waals surface area contributed by atoms with E-state index in [0.717, 1.165) is 34.6 Å². The van der Waals surface area contributed by atoms with Crippen molar-refractivity contribution >= 4 is 17.1 Å². The van der Waals surface area contributed by atoms with Crippen molar-refractivity contribution in [3.05, 3.63) is 50.7 Å². The molecule has 2 heterocycles. The lowest BCUT2D eigenvalue weighted by Crippen LogP contribution is -2.37. The standard InChI is InChI=1S/C22H29N5O3/c1-14-5-9-16(10-6-14)23-21-24-19-18(20(28)26(3)22(29)25(19)2)27(21)13-15-7-11-17(30-4)12-8-15/h7-8,11-12,14,16H,5-6,9-10,13H2,1-4H3,(H,23,24). The fraction of sp³-hybridized carbons (Fsp3) is 0.500. The van der Waals surface area contributed by atoms with Crippen molar-refractivity contribution in [2.45, 2.75) is 45.2 Å². The van der Waals surface area contributed by atoms with Crippen LogP contribution in [0, 0.1) is 5.92 Å². The number of aryl methyl sites for hydroxylation is 1. The molecule has 1 saturated carbocycles. The summed E-state index contributed by atoms with van der Waals surface area (Å²) in [6, 6.07) is 8.07. The molecule has 8 heteroatoms. The highest BCUT2D eigenvalue weighted by atomic mass is 16.5. The highest BCUT2D eigenvalue weighted by Gasteiger charge is 2.23. The molecule has 8 nitrogen and oxygen atoms in total. The maximum Gasteiger partial charge on any atom is 0.332 e. The number of aromatic nitrogens is 4. The van der Waals surface area contributed by atoms with E-state index in [2.05, 4.69) is 12.2 Å². The van der Waals surface area contributed by atoms with Crippen molar-refractivity contribution in [1.82, 2.24) is 18.7 Å². The van der Waals surface area contributed by atoms with E-state index in [-0.39, 0.29) is 11.2 Å². The average Bonchev–Trinajstić information content (AvgIpc) is 3.11. The number of ether oxygens (including phenoxy) is 1. The molecule has 0 radical (unpaired) electrons. The van der Waals surface area contributed by atoms with Crippen LogP contribution < -0.4 is 21.3 Å². The second kappa shape index (κ2) is 8.01. The minimum atomic E-state index is -0.375. The van der Waals surface area contributed by atoms with Gasteiger partial charge in [0.15, 0.2) is 11.2 Å². The Morgan fingerprint density at radius 1 is 1.07 bits per heavy atom. The van der Waals surface area contributed by atoms with Gasteiger partial charge in [-0.3, -0.25) is 18.5 Å². The average molecular weight is 412 g/mol. The van der Waals surface area contributed by atoms with E-state index in [1.165, 1.54) is 24.5 Å². The van der Waals surface area contributed by atoms with Crippen molar-refractivity contribution in [3.63, 3.8) is 0 Å². The molecule has 3 aromatic rings. The lowest BCUT2D eigenvalue weighted by Gasteiger charge is -2.27. The number of rotatable bonds is 5. The Morgan fingerprint density at radius 2 is 1.73 bits per heavy atom. The number of nitrogens with one attached hydrogen (secondary N) is 1. The number of imidazole rings is 1. The molecule has 2 aromatic heterocycles. The third-order valence-corrected chi connectivity index (χ3v) is 6.20. The quantitative estimate of drug-likeness (QED) is 0.697. The van der Waals surface area contributed by atoms with E-state index < -0.39 is 0 Å². The normalized spacial score (nSPS) is 19.2. The number of benzene rings is 1. The summed E-state index contributed by atoms with van der Waals surface area (Å²) in [5.74, 6) is 2.16. The first-order valence-corrected chi connectivity index (χ1v) is 10.4. The zero-order valence-corrected chi connectivity index (χ0v) is 18.0. The molecule has 30 heavy (non-hydrogen) atoms. The Kier molecular flexibility index (Phi) is 5.40. The molecule has 0 amide bonds. The molecule has 1 N–H and O–H groups in total. The van der Waals surface area contributed by atoms with Gasteiger partial charge in [0.2, 0.25) is 5.95 Å². The summed E-state index contributed by atoms with van der Waals surface area (Å²) in [7, 11) is 4.79. The lowest BCUT2D eigenvalue weighted by molar-refractivity contribution is 0.360. The van der Waals surface area contributed by atoms with Gasteiger partial charge in [0, 0.05) is 20.1 Å². The first-order chi connectivity index (χ1) is 14.4. The minimum Gasteiger partial charge on any atom is -0.497 e. The van der Waals surface area contributed by atoms with Crippen LogP contribution in [0.15, 0.2) is 33.9 Å². The summed E-state index contributed by atoms with van der Waals surface area (Å²) in [5, 5.41) is 3.56. The van der Waals surface area contributed by atoms with Crippen molar-refractivity contribution in [2.24, 2.45) is 20.0 Å². The summed E-state index contributed by atoms with van der Waals surface area (Å²) in [5.41, 5.74) is 1.15. The van der Waals surface area contributed by atoms with Crippen LogP contribution in [0.25, 0.3) is 11.2 Å². The van der Waals surface area contributed by atoms with Gasteiger partial charge in [-0.2, -0.15) is 4.98 Å². The number of fused-ring (bicyclic) bond motifs is 1. The van der Waals surface area contributed by atoms with Gasteiger partial charge >= 0.3 is 5.69 Å². The van der Waals surface area contributed by atoms with E-state index in [1.54, 1.807) is 14.2 Å². The maximum atomic E-state index is 13.0. The topological polar surface area (TPSA) is 83.1 Å². The first-order valence-electron chi connectivity index (χ1n) is 10.4. The van der Waals surface area contributed by atoms with Crippen LogP contribution in [-0.2, 0) is 20.6 Å². The van der Waals surface area contributed by atoms with Crippen LogP contribution >= 0.6 is 0 Å². The zero-order valence-electron chi connectivity index (χ0n) is 18.0. The summed E-state index contributed by atoms with van der Waals surface area (Å²) in [6.07, 6.45) is 4.50. The van der Waals surface area contributed by atoms with Crippen LogP contribution in [0.3, 0.4) is 0 Å². The Bertz CT molecular complexity index is 1160. The van der Waals surface area contributed by atoms with E-state index >= 15 is 0 Å². The van der Waals surface area contributed by atoms with E-state index in [0.29, 0.717) is 29.7 Å². The smallest absolute Gasteiger partial charge is 0.332 e. The van der Waals surface area contributed by atoms with Gasteiger partial charge < -0.3 is 10.1 Å². The van der Waals surface area contributed by atoms with Gasteiger partial charge in [-0.05, 0) is 49.3 Å². The summed E-state index contributed by atoms with van der Waals surface area (Å²) >= 11 is 0. The van der Waals surface area contributed by atoms with Crippen LogP contribution in [0.4, 0.5) is 5.95 Å². The molecule has 0 spiro atoms. The van der Waals surface area contributed by atoms with Crippen LogP contribution in [0.1, 0.15) is 38.2 Å². The monoisotopic (exact) mass is 411 g/mol. The molecule has 160 valence electrons. The highest BCUT2D eigenvalue weighted by molar-refractivity contribution is 5.74. The predicted molar refractivity (Wildman–Crippen MR) is 117 cm³/mol. The lowest BCUT2D eigenvalue weighted by atomic mass is 9.87. The zero-order chi connectivity index (χ0) is 21.4. The van der Waals surface area contributed by atoms with Crippen molar-refractivity contribution in [2.75, 3.05) is 12.4 Å². The molecule has 4 rings (SSSR count). The Hall–Kier alpha value is -3.03. The van der Waals surface area contributed by atoms with Gasteiger partial charge in [0.1, 0.15) is 5.75 Å². The third kappa shape index (κ3) is 3.62. The molecule has 0 bridgehead atoms. The Balaban J connectivity index is 1.81. The molecule has 1 aromatic carbocycles. The number of nitrogens with zero attached hydrogens (tertiary/aromatic N) is 4. The number of hydrogen-bond donors (Lipinski definition) is 1. The summed E-state index contributed by atoms with van der Waals surface area (Å²) < 4.78 is 9.73. The molecular weight excluding hydrogens is 382 g/mol. The highest BCUT2D eigenvalue weighted by Crippen LogP contribution is 2.27. The van der Waals surface area contributed by atoms with E-state index in [1.807, 2.05) is 28.8 Å². The fourth-order valence-corrected chi connectivity index (χ4v) is 4.21. The Labute approximate surface area is 175 Å². The van der Waals surface area contributed by atoms with Gasteiger partial charge in [-0.15, -0.1) is 0 Å². The van der Waals surface area contributed by atoms with Gasteiger partial charge in [0.25, 0.3) is 5.56 Å². The van der Waals surface area contributed by atoms with Gasteiger partial charge in [-0.25, -0.2) is 4.79 Å². The van der Waals surface area contributed by atoms with Gasteiger partial charge in [0.05, 0.1) is 13.7 Å². The first kappa shape index (κ1) is 20.3. The molecule has 1 aliphatic carbocycles. The predicted octanol–water partition coefficient (Wildman–Crippen LogP) is 2.48. The minimum absolute atomic E-state index is 0.313.